The monoisotopic (exact) mass is 682 g/mol. The van der Waals surface area contributed by atoms with Crippen LogP contribution in [0.5, 0.6) is 0 Å². The summed E-state index contributed by atoms with van der Waals surface area (Å²) in [6, 6.07) is 0. The first-order chi connectivity index (χ1) is 19.5. The molecule has 0 aromatic carbocycles. The van der Waals surface area contributed by atoms with Gasteiger partial charge in [0.1, 0.15) is 22.6 Å². The van der Waals surface area contributed by atoms with Crippen LogP contribution >= 0.6 is 94.1 Å². The maximum atomic E-state index is 5.10. The first-order valence-corrected chi connectivity index (χ1v) is 21.4. The molecule has 0 aliphatic carbocycles. The van der Waals surface area contributed by atoms with Gasteiger partial charge in [-0.1, -0.05) is 0 Å². The predicted molar refractivity (Wildman–Crippen MR) is 187 cm³/mol. The van der Waals surface area contributed by atoms with Crippen molar-refractivity contribution in [2.45, 2.75) is 19.6 Å². The van der Waals surface area contributed by atoms with Crippen LogP contribution < -0.4 is 0 Å². The zero-order chi connectivity index (χ0) is 28.6. The SMILES string of the molecule is CSC1=C(SC)c2nc1nc1nc(nc3[nH]c(nc4[nH]c(n2)c(SC)c4SC)c(SC)c3SC)C(SC)=C1SC. The van der Waals surface area contributed by atoms with Crippen LogP contribution in [0, 0.1) is 0 Å². The Labute approximate surface area is 267 Å². The topological polar surface area (TPSA) is 109 Å². The summed E-state index contributed by atoms with van der Waals surface area (Å²) in [6.45, 7) is 0. The fraction of sp³-hybridized carbons (Fsp3) is 0.333. The Morgan fingerprint density at radius 3 is 0.825 bits per heavy atom. The van der Waals surface area contributed by atoms with Crippen molar-refractivity contribution in [2.75, 3.05) is 50.0 Å². The highest BCUT2D eigenvalue weighted by atomic mass is 32.2. The number of thioether (sulfide) groups is 8. The molecule has 0 saturated carbocycles. The highest BCUT2D eigenvalue weighted by Gasteiger charge is 2.27. The highest BCUT2D eigenvalue weighted by molar-refractivity contribution is 8.13. The van der Waals surface area contributed by atoms with Crippen molar-refractivity contribution in [3.05, 3.63) is 23.3 Å². The second-order valence-electron chi connectivity index (χ2n) is 7.88. The summed E-state index contributed by atoms with van der Waals surface area (Å²) >= 11 is 13.1. The second kappa shape index (κ2) is 13.2. The van der Waals surface area contributed by atoms with Gasteiger partial charge in [-0.2, -0.15) is 0 Å². The van der Waals surface area contributed by atoms with Crippen molar-refractivity contribution in [2.24, 2.45) is 0 Å². The largest absolute Gasteiger partial charge is 0.323 e. The molecule has 0 atom stereocenters. The van der Waals surface area contributed by atoms with Gasteiger partial charge in [0.2, 0.25) is 0 Å². The smallest absolute Gasteiger partial charge is 0.171 e. The van der Waals surface area contributed by atoms with Gasteiger partial charge in [0.25, 0.3) is 0 Å². The minimum atomic E-state index is 0.624. The molecule has 40 heavy (non-hydrogen) atoms. The van der Waals surface area contributed by atoms with E-state index in [1.165, 1.54) is 0 Å². The van der Waals surface area contributed by atoms with E-state index >= 15 is 0 Å². The van der Waals surface area contributed by atoms with E-state index in [0.29, 0.717) is 23.3 Å². The van der Waals surface area contributed by atoms with Crippen molar-refractivity contribution < 1.29 is 0 Å². The fourth-order valence-electron chi connectivity index (χ4n) is 4.23. The third kappa shape index (κ3) is 5.35. The number of nitrogens with one attached hydrogen (secondary N) is 2. The maximum Gasteiger partial charge on any atom is 0.171 e. The quantitative estimate of drug-likeness (QED) is 0.225. The minimum absolute atomic E-state index is 0.624. The minimum Gasteiger partial charge on any atom is -0.323 e. The molecule has 3 aromatic rings. The zero-order valence-electron chi connectivity index (χ0n) is 22.9. The summed E-state index contributed by atoms with van der Waals surface area (Å²) in [5.74, 6) is 2.53. The zero-order valence-corrected chi connectivity index (χ0v) is 29.5. The number of rotatable bonds is 8. The fourth-order valence-corrected chi connectivity index (χ4v) is 10.7. The molecular formula is C24H26N8S8. The van der Waals surface area contributed by atoms with Gasteiger partial charge < -0.3 is 9.97 Å². The highest BCUT2D eigenvalue weighted by Crippen LogP contribution is 2.44. The van der Waals surface area contributed by atoms with Gasteiger partial charge in [0.05, 0.1) is 39.2 Å². The van der Waals surface area contributed by atoms with Crippen LogP contribution in [0.2, 0.25) is 0 Å². The van der Waals surface area contributed by atoms with Gasteiger partial charge >= 0.3 is 0 Å². The Bertz CT molecular complexity index is 1590. The first-order valence-electron chi connectivity index (χ1n) is 11.6. The van der Waals surface area contributed by atoms with E-state index in [0.717, 1.165) is 61.8 Å². The first kappa shape index (κ1) is 30.6. The molecule has 0 unspecified atom stereocenters. The molecule has 0 radical (unpaired) electrons. The van der Waals surface area contributed by atoms with Crippen molar-refractivity contribution >= 4 is 136 Å². The summed E-state index contributed by atoms with van der Waals surface area (Å²) in [7, 11) is 0. The Balaban J connectivity index is 2.03. The summed E-state index contributed by atoms with van der Waals surface area (Å²) in [6.07, 6.45) is 16.4. The van der Waals surface area contributed by atoms with Crippen LogP contribution in [-0.2, 0) is 0 Å². The molecule has 3 aromatic heterocycles. The number of nitrogens with zero attached hydrogens (tertiary/aromatic N) is 6. The number of aromatic amines is 2. The third-order valence-corrected chi connectivity index (χ3v) is 12.8. The molecule has 0 spiro atoms. The third-order valence-electron chi connectivity index (χ3n) is 5.90. The lowest BCUT2D eigenvalue weighted by molar-refractivity contribution is 1.06. The van der Waals surface area contributed by atoms with E-state index in [1.807, 2.05) is 25.0 Å². The van der Waals surface area contributed by atoms with E-state index < -0.39 is 0 Å². The Kier molecular flexibility index (Phi) is 10.1. The Morgan fingerprint density at radius 2 is 0.575 bits per heavy atom. The lowest BCUT2D eigenvalue weighted by Gasteiger charge is -2.02. The number of fused-ring (bicyclic) bond motifs is 8. The number of hydrogen-bond acceptors (Lipinski definition) is 14. The van der Waals surface area contributed by atoms with Gasteiger partial charge in [0.15, 0.2) is 23.3 Å². The summed E-state index contributed by atoms with van der Waals surface area (Å²) in [4.78, 5) is 45.3. The molecule has 5 rings (SSSR count). The van der Waals surface area contributed by atoms with Crippen LogP contribution in [0.1, 0.15) is 23.3 Å². The molecule has 2 N–H and O–H groups in total. The molecule has 0 saturated heterocycles. The van der Waals surface area contributed by atoms with E-state index in [9.17, 15) is 0 Å². The van der Waals surface area contributed by atoms with Crippen molar-refractivity contribution in [1.82, 2.24) is 39.9 Å². The van der Waals surface area contributed by atoms with Gasteiger partial charge in [0, 0.05) is 0 Å². The van der Waals surface area contributed by atoms with Gasteiger partial charge in [-0.25, -0.2) is 29.9 Å². The van der Waals surface area contributed by atoms with Crippen molar-refractivity contribution in [1.29, 1.82) is 0 Å². The van der Waals surface area contributed by atoms with Gasteiger partial charge in [-0.15, -0.1) is 94.1 Å². The van der Waals surface area contributed by atoms with Crippen molar-refractivity contribution in [3.8, 4) is 0 Å². The van der Waals surface area contributed by atoms with Crippen LogP contribution in [0.25, 0.3) is 42.2 Å². The average Bonchev–Trinajstić information content (AvgIpc) is 3.67. The van der Waals surface area contributed by atoms with Crippen LogP contribution in [0.4, 0.5) is 0 Å². The van der Waals surface area contributed by atoms with Gasteiger partial charge in [-0.3, -0.25) is 0 Å². The molecule has 8 bridgehead atoms. The average molecular weight is 683 g/mol. The summed E-state index contributed by atoms with van der Waals surface area (Å²) < 4.78 is 0. The second-order valence-corrected chi connectivity index (χ2v) is 14.4. The molecule has 2 aliphatic rings. The Morgan fingerprint density at radius 1 is 0.325 bits per heavy atom. The maximum absolute atomic E-state index is 5.10. The normalized spacial score (nSPS) is 13.6. The summed E-state index contributed by atoms with van der Waals surface area (Å²) in [5.41, 5.74) is 3.00. The summed E-state index contributed by atoms with van der Waals surface area (Å²) in [5, 5.41) is 0. The molecule has 5 heterocycles. The Hall–Kier alpha value is -0.880. The number of H-pyrrole nitrogens is 2. The molecule has 0 fully saturated rings. The van der Waals surface area contributed by atoms with Crippen molar-refractivity contribution in [3.63, 3.8) is 0 Å². The molecular weight excluding hydrogens is 657 g/mol. The lowest BCUT2D eigenvalue weighted by atomic mass is 10.4. The molecule has 0 amide bonds. The molecule has 2 aliphatic heterocycles. The van der Waals surface area contributed by atoms with Gasteiger partial charge in [-0.05, 0) is 50.0 Å². The number of aromatic nitrogens is 8. The van der Waals surface area contributed by atoms with Crippen LogP contribution in [-0.4, -0.2) is 89.9 Å². The van der Waals surface area contributed by atoms with E-state index in [2.05, 4.69) is 35.0 Å². The van der Waals surface area contributed by atoms with Crippen LogP contribution in [0.3, 0.4) is 0 Å². The lowest BCUT2D eigenvalue weighted by Crippen LogP contribution is -1.91. The van der Waals surface area contributed by atoms with Crippen LogP contribution in [0.15, 0.2) is 19.6 Å². The predicted octanol–water partition coefficient (Wildman–Crippen LogP) is 7.89. The van der Waals surface area contributed by atoms with E-state index in [1.54, 1.807) is 94.1 Å². The van der Waals surface area contributed by atoms with E-state index in [-0.39, 0.29) is 0 Å². The standard InChI is InChI=1S/C24H26N8S8/c1-33-9-10(34-2)18-25-17(9)29-19-11(35-3)12(36-4)21(26-19)31-23-15(39-7)16(40-8)24(28-23)32-22-14(38-6)13(37-5)20(27-22)30-18/h1-8H3,(H2,25,26,27,28,29,30,31,32). The molecule has 8 nitrogen and oxygen atoms in total. The number of hydrogen-bond donors (Lipinski definition) is 2. The van der Waals surface area contributed by atoms with E-state index in [4.69, 9.17) is 29.9 Å². The molecule has 210 valence electrons. The molecule has 16 heteroatoms.